The minimum atomic E-state index is -0.0404. The number of hydrogen-bond acceptors (Lipinski definition) is 2. The van der Waals surface area contributed by atoms with Crippen LogP contribution in [0.25, 0.3) is 0 Å². The van der Waals surface area contributed by atoms with Gasteiger partial charge in [0.1, 0.15) is 0 Å². The third-order valence-electron chi connectivity index (χ3n) is 4.08. The molecule has 4 heteroatoms. The van der Waals surface area contributed by atoms with E-state index in [1.165, 1.54) is 0 Å². The molecule has 24 heavy (non-hydrogen) atoms. The SMILES string of the molecule is Cc1ccc(C(=O)NCc2ccccc2Cn2cccn2)c(C)c1. The molecule has 2 aromatic carbocycles. The summed E-state index contributed by atoms with van der Waals surface area (Å²) in [5.41, 5.74) is 5.14. The van der Waals surface area contributed by atoms with E-state index in [0.29, 0.717) is 13.1 Å². The van der Waals surface area contributed by atoms with Crippen molar-refractivity contribution in [1.29, 1.82) is 0 Å². The summed E-state index contributed by atoms with van der Waals surface area (Å²) in [6.07, 6.45) is 3.70. The van der Waals surface area contributed by atoms with Crippen LogP contribution >= 0.6 is 0 Å². The Morgan fingerprint density at radius 3 is 2.58 bits per heavy atom. The average molecular weight is 319 g/mol. The van der Waals surface area contributed by atoms with E-state index in [-0.39, 0.29) is 5.91 Å². The van der Waals surface area contributed by atoms with Crippen molar-refractivity contribution in [2.45, 2.75) is 26.9 Å². The van der Waals surface area contributed by atoms with Crippen molar-refractivity contribution in [3.8, 4) is 0 Å². The number of aromatic nitrogens is 2. The maximum atomic E-state index is 12.4. The molecule has 0 radical (unpaired) electrons. The molecule has 0 bridgehead atoms. The lowest BCUT2D eigenvalue weighted by Crippen LogP contribution is -2.24. The van der Waals surface area contributed by atoms with Crippen LogP contribution in [-0.2, 0) is 13.1 Å². The number of aryl methyl sites for hydroxylation is 2. The highest BCUT2D eigenvalue weighted by atomic mass is 16.1. The highest BCUT2D eigenvalue weighted by Gasteiger charge is 2.10. The Hall–Kier alpha value is -2.88. The smallest absolute Gasteiger partial charge is 0.251 e. The normalized spacial score (nSPS) is 10.6. The van der Waals surface area contributed by atoms with Gasteiger partial charge in [-0.1, -0.05) is 42.0 Å². The van der Waals surface area contributed by atoms with Crippen molar-refractivity contribution in [3.63, 3.8) is 0 Å². The lowest BCUT2D eigenvalue weighted by atomic mass is 10.0. The van der Waals surface area contributed by atoms with Crippen molar-refractivity contribution in [2.75, 3.05) is 0 Å². The fraction of sp³-hybridized carbons (Fsp3) is 0.200. The summed E-state index contributed by atoms with van der Waals surface area (Å²) < 4.78 is 1.88. The highest BCUT2D eigenvalue weighted by Crippen LogP contribution is 2.13. The van der Waals surface area contributed by atoms with Crippen LogP contribution in [0.1, 0.15) is 32.6 Å². The predicted molar refractivity (Wildman–Crippen MR) is 94.9 cm³/mol. The number of hydrogen-bond donors (Lipinski definition) is 1. The van der Waals surface area contributed by atoms with Crippen LogP contribution < -0.4 is 5.32 Å². The van der Waals surface area contributed by atoms with E-state index in [0.717, 1.165) is 27.8 Å². The van der Waals surface area contributed by atoms with Crippen molar-refractivity contribution in [3.05, 3.63) is 88.7 Å². The van der Waals surface area contributed by atoms with Crippen molar-refractivity contribution >= 4 is 5.91 Å². The van der Waals surface area contributed by atoms with E-state index in [2.05, 4.69) is 16.5 Å². The molecule has 0 aliphatic carbocycles. The van der Waals surface area contributed by atoms with Crippen LogP contribution in [0.5, 0.6) is 0 Å². The molecule has 0 fully saturated rings. The summed E-state index contributed by atoms with van der Waals surface area (Å²) in [4.78, 5) is 12.4. The molecule has 3 aromatic rings. The Bertz CT molecular complexity index is 838. The quantitative estimate of drug-likeness (QED) is 0.782. The molecule has 0 aliphatic heterocycles. The Labute approximate surface area is 142 Å². The summed E-state index contributed by atoms with van der Waals surface area (Å²) in [5.74, 6) is -0.0404. The summed E-state index contributed by atoms with van der Waals surface area (Å²) in [7, 11) is 0. The third kappa shape index (κ3) is 3.71. The standard InChI is InChI=1S/C20H21N3O/c1-15-8-9-19(16(2)12-15)20(24)21-13-17-6-3-4-7-18(17)14-23-11-5-10-22-23/h3-12H,13-14H2,1-2H3,(H,21,24). The summed E-state index contributed by atoms with van der Waals surface area (Å²) >= 11 is 0. The van der Waals surface area contributed by atoms with Gasteiger partial charge < -0.3 is 5.32 Å². The second-order valence-electron chi connectivity index (χ2n) is 5.97. The molecule has 0 unspecified atom stereocenters. The number of nitrogens with zero attached hydrogens (tertiary/aromatic N) is 2. The Kier molecular flexibility index (Phi) is 4.75. The Morgan fingerprint density at radius 2 is 1.88 bits per heavy atom. The Balaban J connectivity index is 1.71. The molecule has 0 aliphatic rings. The van der Waals surface area contributed by atoms with Crippen LogP contribution in [-0.4, -0.2) is 15.7 Å². The lowest BCUT2D eigenvalue weighted by molar-refractivity contribution is 0.0950. The van der Waals surface area contributed by atoms with Crippen LogP contribution in [0.2, 0.25) is 0 Å². The first kappa shape index (κ1) is 16.0. The maximum absolute atomic E-state index is 12.4. The molecule has 1 N–H and O–H groups in total. The third-order valence-corrected chi connectivity index (χ3v) is 4.08. The molecule has 1 heterocycles. The van der Waals surface area contributed by atoms with Crippen molar-refractivity contribution in [1.82, 2.24) is 15.1 Å². The minimum absolute atomic E-state index is 0.0404. The number of amides is 1. The molecule has 122 valence electrons. The van der Waals surface area contributed by atoms with Gasteiger partial charge in [-0.05, 0) is 42.7 Å². The van der Waals surface area contributed by atoms with E-state index in [9.17, 15) is 4.79 Å². The van der Waals surface area contributed by atoms with Gasteiger partial charge in [0, 0.05) is 24.5 Å². The fourth-order valence-electron chi connectivity index (χ4n) is 2.79. The molecule has 0 atom stereocenters. The topological polar surface area (TPSA) is 46.9 Å². The first-order chi connectivity index (χ1) is 11.6. The van der Waals surface area contributed by atoms with Gasteiger partial charge in [0.15, 0.2) is 0 Å². The zero-order chi connectivity index (χ0) is 16.9. The molecular formula is C20H21N3O. The minimum Gasteiger partial charge on any atom is -0.348 e. The molecule has 0 saturated heterocycles. The molecule has 1 aromatic heterocycles. The van der Waals surface area contributed by atoms with Gasteiger partial charge in [-0.2, -0.15) is 5.10 Å². The van der Waals surface area contributed by atoms with Gasteiger partial charge in [-0.3, -0.25) is 9.48 Å². The molecule has 0 saturated carbocycles. The van der Waals surface area contributed by atoms with Crippen LogP contribution in [0, 0.1) is 13.8 Å². The number of rotatable bonds is 5. The zero-order valence-electron chi connectivity index (χ0n) is 14.0. The fourth-order valence-corrected chi connectivity index (χ4v) is 2.79. The van der Waals surface area contributed by atoms with E-state index in [1.54, 1.807) is 6.20 Å². The van der Waals surface area contributed by atoms with Crippen molar-refractivity contribution in [2.24, 2.45) is 0 Å². The maximum Gasteiger partial charge on any atom is 0.251 e. The highest BCUT2D eigenvalue weighted by molar-refractivity contribution is 5.95. The van der Waals surface area contributed by atoms with Gasteiger partial charge >= 0.3 is 0 Å². The van der Waals surface area contributed by atoms with Gasteiger partial charge in [0.25, 0.3) is 5.91 Å². The first-order valence-electron chi connectivity index (χ1n) is 8.03. The number of nitrogens with one attached hydrogen (secondary N) is 1. The first-order valence-corrected chi connectivity index (χ1v) is 8.03. The lowest BCUT2D eigenvalue weighted by Gasteiger charge is -2.12. The number of carbonyl (C=O) groups is 1. The molecule has 1 amide bonds. The van der Waals surface area contributed by atoms with E-state index < -0.39 is 0 Å². The predicted octanol–water partition coefficient (Wildman–Crippen LogP) is 3.48. The van der Waals surface area contributed by atoms with Crippen LogP contribution in [0.15, 0.2) is 60.9 Å². The summed E-state index contributed by atoms with van der Waals surface area (Å²) in [6.45, 7) is 5.19. The summed E-state index contributed by atoms with van der Waals surface area (Å²) in [5, 5.41) is 7.27. The largest absolute Gasteiger partial charge is 0.348 e. The Morgan fingerprint density at radius 1 is 1.08 bits per heavy atom. The average Bonchev–Trinajstić information content (AvgIpc) is 3.07. The zero-order valence-corrected chi connectivity index (χ0v) is 14.0. The molecular weight excluding hydrogens is 298 g/mol. The monoisotopic (exact) mass is 319 g/mol. The van der Waals surface area contributed by atoms with Crippen molar-refractivity contribution < 1.29 is 4.79 Å². The second-order valence-corrected chi connectivity index (χ2v) is 5.97. The van der Waals surface area contributed by atoms with Gasteiger partial charge in [-0.25, -0.2) is 0 Å². The number of benzene rings is 2. The van der Waals surface area contributed by atoms with Crippen LogP contribution in [0.4, 0.5) is 0 Å². The van der Waals surface area contributed by atoms with Crippen LogP contribution in [0.3, 0.4) is 0 Å². The van der Waals surface area contributed by atoms with Gasteiger partial charge in [-0.15, -0.1) is 0 Å². The van der Waals surface area contributed by atoms with E-state index >= 15 is 0 Å². The van der Waals surface area contributed by atoms with E-state index in [1.807, 2.05) is 67.2 Å². The summed E-state index contributed by atoms with van der Waals surface area (Å²) in [6, 6.07) is 15.9. The van der Waals surface area contributed by atoms with E-state index in [4.69, 9.17) is 0 Å². The molecule has 3 rings (SSSR count). The van der Waals surface area contributed by atoms with Gasteiger partial charge in [0.2, 0.25) is 0 Å². The van der Waals surface area contributed by atoms with Gasteiger partial charge in [0.05, 0.1) is 6.54 Å². The number of carbonyl (C=O) groups excluding carboxylic acids is 1. The molecule has 0 spiro atoms. The second kappa shape index (κ2) is 7.13. The molecule has 4 nitrogen and oxygen atoms in total.